The Kier molecular flexibility index (Phi) is 5.74. The smallest absolute Gasteiger partial charge is 0.246 e. The van der Waals surface area contributed by atoms with Crippen LogP contribution >= 0.6 is 11.6 Å². The van der Waals surface area contributed by atoms with Crippen molar-refractivity contribution in [2.24, 2.45) is 11.7 Å². The monoisotopic (exact) mass is 417 g/mol. The Labute approximate surface area is 176 Å². The van der Waals surface area contributed by atoms with Crippen molar-refractivity contribution in [1.29, 1.82) is 0 Å². The van der Waals surface area contributed by atoms with E-state index in [1.807, 2.05) is 36.6 Å². The first kappa shape index (κ1) is 20.1. The summed E-state index contributed by atoms with van der Waals surface area (Å²) in [4.78, 5) is 14.3. The molecule has 3 aliphatic heterocycles. The highest BCUT2D eigenvalue weighted by atomic mass is 35.5. The van der Waals surface area contributed by atoms with Gasteiger partial charge in [0.15, 0.2) is 11.5 Å². The maximum atomic E-state index is 11.8. The van der Waals surface area contributed by atoms with Crippen LogP contribution in [0.4, 0.5) is 0 Å². The number of dihydropyridines is 1. The van der Waals surface area contributed by atoms with Gasteiger partial charge >= 0.3 is 0 Å². The number of likely N-dealkylation sites (tertiary alicyclic amines) is 1. The van der Waals surface area contributed by atoms with E-state index in [1.54, 1.807) is 0 Å². The van der Waals surface area contributed by atoms with Crippen molar-refractivity contribution in [2.45, 2.75) is 37.8 Å². The van der Waals surface area contributed by atoms with Crippen molar-refractivity contribution >= 4 is 17.5 Å². The summed E-state index contributed by atoms with van der Waals surface area (Å²) in [7, 11) is 0. The van der Waals surface area contributed by atoms with Gasteiger partial charge in [0.25, 0.3) is 0 Å². The van der Waals surface area contributed by atoms with Gasteiger partial charge in [0.05, 0.1) is 5.54 Å². The molecule has 7 heteroatoms. The van der Waals surface area contributed by atoms with Gasteiger partial charge in [0.2, 0.25) is 5.91 Å². The number of nitrogens with one attached hydrogen (secondary N) is 1. The van der Waals surface area contributed by atoms with E-state index in [0.29, 0.717) is 23.1 Å². The first-order valence-electron chi connectivity index (χ1n) is 10.2. The lowest BCUT2D eigenvalue weighted by Gasteiger charge is -2.40. The molecule has 1 aromatic carbocycles. The minimum Gasteiger partial charge on any atom is -0.486 e. The fraction of sp³-hybridized carbons (Fsp3) is 0.500. The van der Waals surface area contributed by atoms with Crippen LogP contribution in [0.15, 0.2) is 42.1 Å². The summed E-state index contributed by atoms with van der Waals surface area (Å²) in [5.74, 6) is 1.67. The van der Waals surface area contributed by atoms with Gasteiger partial charge in [-0.15, -0.1) is 0 Å². The average molecular weight is 418 g/mol. The summed E-state index contributed by atoms with van der Waals surface area (Å²) in [5.41, 5.74) is 5.86. The van der Waals surface area contributed by atoms with Crippen LogP contribution in [-0.4, -0.2) is 48.7 Å². The number of carbonyl (C=O) groups is 1. The Bertz CT molecular complexity index is 833. The summed E-state index contributed by atoms with van der Waals surface area (Å²) >= 11 is 6.07. The van der Waals surface area contributed by atoms with Gasteiger partial charge in [-0.3, -0.25) is 9.69 Å². The maximum Gasteiger partial charge on any atom is 0.246 e. The third kappa shape index (κ3) is 4.54. The molecule has 0 aliphatic carbocycles. The number of carbonyl (C=O) groups excluding carboxylic acids is 1. The lowest BCUT2D eigenvalue weighted by atomic mass is 9.78. The van der Waals surface area contributed by atoms with Gasteiger partial charge in [0, 0.05) is 23.2 Å². The average Bonchev–Trinajstić information content (AvgIpc) is 2.69. The molecular weight excluding hydrogens is 390 g/mol. The Morgan fingerprint density at radius 1 is 1.34 bits per heavy atom. The molecule has 1 aromatic rings. The minimum atomic E-state index is -0.392. The molecule has 3 heterocycles. The number of nitrogens with zero attached hydrogens (tertiary/aromatic N) is 1. The second-order valence-corrected chi connectivity index (χ2v) is 8.81. The third-order valence-electron chi connectivity index (χ3n) is 6.11. The number of hydrogen-bond donors (Lipinski definition) is 2. The molecule has 1 fully saturated rings. The number of piperidine rings is 1. The molecule has 0 spiro atoms. The standard InChI is InChI=1S/C22H28ClN3O3/c1-22(18(21(24)27)3-2-8-25-22)12-15-6-9-26(10-7-15)13-17-14-28-19-5-4-16(23)11-20(19)29-17/h2-5,8,11,15,17,25H,6-7,9-10,12-14H2,1H3,(H2,24,27). The van der Waals surface area contributed by atoms with E-state index >= 15 is 0 Å². The molecule has 1 amide bonds. The summed E-state index contributed by atoms with van der Waals surface area (Å²) in [6.07, 6.45) is 8.64. The molecule has 4 rings (SSSR count). The van der Waals surface area contributed by atoms with E-state index < -0.39 is 5.54 Å². The Hall–Kier alpha value is -2.18. The number of fused-ring (bicyclic) bond motifs is 1. The van der Waals surface area contributed by atoms with Crippen molar-refractivity contribution < 1.29 is 14.3 Å². The van der Waals surface area contributed by atoms with Gasteiger partial charge in [-0.2, -0.15) is 0 Å². The number of amides is 1. The zero-order valence-electron chi connectivity index (χ0n) is 16.7. The van der Waals surface area contributed by atoms with Gasteiger partial charge in [-0.05, 0) is 75.7 Å². The van der Waals surface area contributed by atoms with Crippen molar-refractivity contribution in [3.63, 3.8) is 0 Å². The molecule has 0 radical (unpaired) electrons. The molecule has 0 saturated carbocycles. The van der Waals surface area contributed by atoms with E-state index in [-0.39, 0.29) is 12.0 Å². The van der Waals surface area contributed by atoms with E-state index in [1.165, 1.54) is 0 Å². The third-order valence-corrected chi connectivity index (χ3v) is 6.35. The zero-order valence-corrected chi connectivity index (χ0v) is 17.5. The second-order valence-electron chi connectivity index (χ2n) is 8.37. The fourth-order valence-electron chi connectivity index (χ4n) is 4.58. The van der Waals surface area contributed by atoms with Crippen LogP contribution in [0.1, 0.15) is 26.2 Å². The van der Waals surface area contributed by atoms with Crippen LogP contribution in [0.3, 0.4) is 0 Å². The number of hydrogen-bond acceptors (Lipinski definition) is 5. The molecule has 2 atom stereocenters. The van der Waals surface area contributed by atoms with Crippen LogP contribution in [-0.2, 0) is 4.79 Å². The molecule has 1 saturated heterocycles. The summed E-state index contributed by atoms with van der Waals surface area (Å²) in [6, 6.07) is 5.47. The van der Waals surface area contributed by atoms with Crippen LogP contribution in [0.2, 0.25) is 5.02 Å². The largest absolute Gasteiger partial charge is 0.486 e. The number of primary amides is 1. The van der Waals surface area contributed by atoms with E-state index in [2.05, 4.69) is 17.1 Å². The van der Waals surface area contributed by atoms with Crippen LogP contribution in [0.25, 0.3) is 0 Å². The minimum absolute atomic E-state index is 0.00424. The van der Waals surface area contributed by atoms with Crippen LogP contribution in [0.5, 0.6) is 11.5 Å². The van der Waals surface area contributed by atoms with Gasteiger partial charge in [-0.25, -0.2) is 0 Å². The number of nitrogens with two attached hydrogens (primary N) is 1. The first-order valence-corrected chi connectivity index (χ1v) is 10.6. The SMILES string of the molecule is CC1(CC2CCN(CC3COc4ccc(Cl)cc4O3)CC2)NC=CC=C1C(N)=O. The Morgan fingerprint density at radius 2 is 2.14 bits per heavy atom. The number of allylic oxidation sites excluding steroid dienone is 2. The molecule has 0 aromatic heterocycles. The molecule has 6 nitrogen and oxygen atoms in total. The van der Waals surface area contributed by atoms with Gasteiger partial charge < -0.3 is 20.5 Å². The maximum absolute atomic E-state index is 11.8. The lowest BCUT2D eigenvalue weighted by molar-refractivity contribution is -0.115. The summed E-state index contributed by atoms with van der Waals surface area (Å²) in [5, 5.41) is 4.01. The van der Waals surface area contributed by atoms with Crippen molar-refractivity contribution in [3.8, 4) is 11.5 Å². The number of rotatable bonds is 5. The van der Waals surface area contributed by atoms with Gasteiger partial charge in [0.1, 0.15) is 12.7 Å². The molecule has 29 heavy (non-hydrogen) atoms. The number of benzene rings is 1. The van der Waals surface area contributed by atoms with E-state index in [4.69, 9.17) is 26.8 Å². The van der Waals surface area contributed by atoms with E-state index in [9.17, 15) is 4.79 Å². The molecule has 156 valence electrons. The quantitative estimate of drug-likeness (QED) is 0.770. The zero-order chi connectivity index (χ0) is 20.4. The lowest BCUT2D eigenvalue weighted by Crippen LogP contribution is -2.49. The Balaban J connectivity index is 1.28. The van der Waals surface area contributed by atoms with Gasteiger partial charge in [-0.1, -0.05) is 11.6 Å². The second kappa shape index (κ2) is 8.28. The normalized spacial score (nSPS) is 27.2. The summed E-state index contributed by atoms with van der Waals surface area (Å²) in [6.45, 7) is 5.47. The van der Waals surface area contributed by atoms with E-state index in [0.717, 1.165) is 50.4 Å². The highest BCUT2D eigenvalue weighted by Crippen LogP contribution is 2.35. The molecule has 3 aliphatic rings. The highest BCUT2D eigenvalue weighted by Gasteiger charge is 2.36. The van der Waals surface area contributed by atoms with Crippen LogP contribution < -0.4 is 20.5 Å². The van der Waals surface area contributed by atoms with Crippen molar-refractivity contribution in [2.75, 3.05) is 26.2 Å². The number of ether oxygens (including phenoxy) is 2. The molecule has 2 unspecified atom stereocenters. The summed E-state index contributed by atoms with van der Waals surface area (Å²) < 4.78 is 11.9. The molecular formula is C22H28ClN3O3. The fourth-order valence-corrected chi connectivity index (χ4v) is 4.74. The van der Waals surface area contributed by atoms with Crippen molar-refractivity contribution in [3.05, 3.63) is 47.1 Å². The first-order chi connectivity index (χ1) is 13.9. The predicted molar refractivity (Wildman–Crippen MR) is 113 cm³/mol. The van der Waals surface area contributed by atoms with Crippen LogP contribution in [0, 0.1) is 5.92 Å². The number of halogens is 1. The van der Waals surface area contributed by atoms with Crippen molar-refractivity contribution in [1.82, 2.24) is 10.2 Å². The predicted octanol–water partition coefficient (Wildman–Crippen LogP) is 2.87. The molecule has 3 N–H and O–H groups in total. The molecule has 0 bridgehead atoms. The topological polar surface area (TPSA) is 76.8 Å². The Morgan fingerprint density at radius 3 is 2.90 bits per heavy atom. The highest BCUT2D eigenvalue weighted by molar-refractivity contribution is 6.30.